The molecule has 9 amide bonds. The van der Waals surface area contributed by atoms with Crippen LogP contribution in [0.25, 0.3) is 0 Å². The van der Waals surface area contributed by atoms with Crippen molar-refractivity contribution in [3.8, 4) is 0 Å². The predicted molar refractivity (Wildman–Crippen MR) is 533 cm³/mol. The molecule has 2 aromatic rings. The molecule has 0 radical (unpaired) electrons. The van der Waals surface area contributed by atoms with E-state index in [4.69, 9.17) is 34.4 Å². The minimum absolute atomic E-state index is 0.0101. The Labute approximate surface area is 839 Å². The van der Waals surface area contributed by atoms with Gasteiger partial charge in [-0.05, 0) is 120 Å². The molecule has 0 spiro atoms. The summed E-state index contributed by atoms with van der Waals surface area (Å²) in [6.45, 7) is 9.40. The van der Waals surface area contributed by atoms with Gasteiger partial charge in [0.1, 0.15) is 17.6 Å². The van der Waals surface area contributed by atoms with E-state index in [1.807, 2.05) is 13.8 Å². The molecular weight excluding hydrogens is 1850 g/mol. The van der Waals surface area contributed by atoms with Crippen molar-refractivity contribution in [1.82, 2.24) is 37.2 Å². The Morgan fingerprint density at radius 3 is 1.20 bits per heavy atom. The van der Waals surface area contributed by atoms with Crippen molar-refractivity contribution in [2.45, 2.75) is 348 Å². The first kappa shape index (κ1) is 127. The molecule has 0 aromatic heterocycles. The lowest BCUT2D eigenvalue weighted by Crippen LogP contribution is -2.50. The minimum Gasteiger partial charge on any atom is -0.481 e. The topological polar surface area (TPSA) is 712 Å². The van der Waals surface area contributed by atoms with Crippen LogP contribution in [0.5, 0.6) is 0 Å². The molecule has 40 heteroatoms. The molecule has 0 saturated carbocycles. The van der Waals surface area contributed by atoms with Crippen LogP contribution >= 0.6 is 0 Å². The number of aliphatic hydroxyl groups is 2. The normalized spacial score (nSPS) is 14.7. The fourth-order valence-electron chi connectivity index (χ4n) is 17.0. The number of hydrogen-bond acceptors (Lipinski definition) is 26. The van der Waals surface area contributed by atoms with Gasteiger partial charge >= 0.3 is 17.9 Å². The Kier molecular flexibility index (Phi) is 63.8. The Bertz CT molecular complexity index is 4450. The summed E-state index contributed by atoms with van der Waals surface area (Å²) in [6.07, 6.45) is 4.59. The van der Waals surface area contributed by atoms with Gasteiger partial charge in [-0.15, -0.1) is 0 Å². The molecule has 143 heavy (non-hydrogen) atoms. The second kappa shape index (κ2) is 71.6. The van der Waals surface area contributed by atoms with E-state index in [9.17, 15) is 126 Å². The first-order valence-electron chi connectivity index (χ1n) is 50.6. The molecule has 0 bridgehead atoms. The third kappa shape index (κ3) is 53.4. The molecule has 0 saturated heterocycles. The monoisotopic (exact) mass is 2010 g/mol. The standard InChI is InChI=1S/C103H162N14O26/c1-8-10-11-12-13-14-15-16-17-18-19-20-27-38-75(121)52-73(58-93(133)134)101(142)117-95(63(3)4)89(128)56-72(50-67-32-23-21-24-33-67)100(141)112-78(41-44-91(107)130)86(125)57-74(61-118)102(143)113-79(42-45-92(131)132)85(124)53-69(36-28-29-46-104)97(138)111-77(39-30-47-105)84(123)54-70(37-31-48-110-103(108)109)98(139)116-82(62-119)83(122)49-65(6)96(137)114-81(60-94(135)136)87(126)55-71(40-43-90(106)129)99(140)115-80(51-68-34-25-22-26-35-68)88(127)59-76(66(7)120)64(5)9-2/h21-26,32-35,63-65,69-74,76-82,95,118-119H,8-20,27-31,36-62,104-105H2,1-7H3,(H2,106,129)(H2,107,130)(H,111,138)(H,112,141)(H,113,143)(H,114,137)(H,115,140)(H,116,139)(H,117,142)(H,131,132)(H,133,134)(H,135,136)(H4,108,109,110)/t64-,65+,69+,70+,71+,72+,73-,74-,76-,77-,78-,79-,80-,81-,82-,95-/m0/s1. The Hall–Kier alpha value is -11.8. The molecule has 2 rings (SSSR count). The highest BCUT2D eigenvalue weighted by Gasteiger charge is 2.41. The number of aliphatic hydroxyl groups excluding tert-OH is 2. The van der Waals surface area contributed by atoms with Crippen molar-refractivity contribution in [2.75, 3.05) is 32.8 Å². The number of carboxylic acid groups (broad SMARTS) is 3. The second-order valence-corrected chi connectivity index (χ2v) is 38.3. The van der Waals surface area contributed by atoms with Gasteiger partial charge in [0.2, 0.25) is 53.2 Å². The maximum Gasteiger partial charge on any atom is 0.305 e. The quantitative estimate of drug-likeness (QED) is 0.0220. The number of hydrogen-bond donors (Lipinski definition) is 18. The van der Waals surface area contributed by atoms with Crippen LogP contribution in [0.1, 0.15) is 304 Å². The van der Waals surface area contributed by atoms with Gasteiger partial charge in [0, 0.05) is 119 Å². The van der Waals surface area contributed by atoms with Gasteiger partial charge in [-0.3, -0.25) is 106 Å². The fraction of sp³-hybridized carbons (Fsp3) is 0.670. The maximum absolute atomic E-state index is 14.8. The third-order valence-electron chi connectivity index (χ3n) is 25.9. The number of benzene rings is 2. The summed E-state index contributed by atoms with van der Waals surface area (Å²) in [7, 11) is 0. The summed E-state index contributed by atoms with van der Waals surface area (Å²) in [4.78, 5) is 293. The number of aliphatic carboxylic acids is 3. The molecule has 0 aliphatic heterocycles. The number of unbranched alkanes of at least 4 members (excludes halogenated alkanes) is 13. The van der Waals surface area contributed by atoms with Crippen molar-refractivity contribution >= 4 is 129 Å². The van der Waals surface area contributed by atoms with Crippen molar-refractivity contribution in [3.05, 3.63) is 71.8 Å². The van der Waals surface area contributed by atoms with E-state index in [1.54, 1.807) is 74.5 Å². The van der Waals surface area contributed by atoms with Gasteiger partial charge in [0.25, 0.3) is 0 Å². The highest BCUT2D eigenvalue weighted by molar-refractivity contribution is 6.02. The SMILES string of the molecule is CCCCCCCCCCCCCCCC(=O)C[C@@H](CC(=O)O)C(=O)N[C@H](C(=O)C[C@@H](Cc1ccccc1)C(=O)N[C@@H](CCC(N)=O)C(=O)C[C@@H](CO)C(=O)N[C@@H](CCC(=O)O)C(=O)C[C@@H](CCCCN)C(=O)N[C@@H](CCCN)C(=O)C[C@@H](CCCN=C(N)N)C(=O)N[C@@H](CO)C(=O)C[C@@H](C)C(=O)N[C@@H](CC(=O)O)C(=O)C[C@@H](CCC(N)=O)C(=O)N[C@@H](Cc1ccccc1)C(=O)C[C@H](C(C)=O)[C@@H](C)CC)C(C)C. The van der Waals surface area contributed by atoms with Crippen LogP contribution in [-0.4, -0.2) is 230 Å². The van der Waals surface area contributed by atoms with E-state index in [1.165, 1.54) is 58.8 Å². The van der Waals surface area contributed by atoms with Gasteiger partial charge in [0.15, 0.2) is 46.4 Å². The van der Waals surface area contributed by atoms with Crippen LogP contribution in [0.15, 0.2) is 65.7 Å². The lowest BCUT2D eigenvalue weighted by atomic mass is 9.82. The number of rotatable bonds is 85. The van der Waals surface area contributed by atoms with Crippen molar-refractivity contribution < 1.29 is 126 Å². The maximum atomic E-state index is 14.8. The molecule has 800 valence electrons. The number of ketones is 9. The number of amides is 9. The van der Waals surface area contributed by atoms with E-state index in [0.29, 0.717) is 30.4 Å². The molecule has 0 unspecified atom stereocenters. The van der Waals surface area contributed by atoms with Gasteiger partial charge in [0.05, 0.1) is 74.1 Å². The summed E-state index contributed by atoms with van der Waals surface area (Å²) in [5.74, 6) is -31.4. The molecular formula is C103H162N14O26. The number of carboxylic acids is 3. The highest BCUT2D eigenvalue weighted by Crippen LogP contribution is 2.28. The summed E-state index contributed by atoms with van der Waals surface area (Å²) in [6, 6.07) is 5.82. The van der Waals surface area contributed by atoms with E-state index < -0.39 is 310 Å². The summed E-state index contributed by atoms with van der Waals surface area (Å²) in [5, 5.41) is 69.0. The second-order valence-electron chi connectivity index (χ2n) is 38.3. The Morgan fingerprint density at radius 2 is 0.741 bits per heavy atom. The van der Waals surface area contributed by atoms with Crippen molar-refractivity contribution in [3.63, 3.8) is 0 Å². The number of Topliss-reactive ketones (excluding diaryl/α,β-unsaturated/α-hetero) is 9. The lowest BCUT2D eigenvalue weighted by molar-refractivity contribution is -0.143. The van der Waals surface area contributed by atoms with Gasteiger partial charge in [-0.1, -0.05) is 192 Å². The van der Waals surface area contributed by atoms with Crippen LogP contribution in [0.2, 0.25) is 0 Å². The number of aliphatic imine (C=N–C) groups is 1. The van der Waals surface area contributed by atoms with Crippen LogP contribution in [0.4, 0.5) is 0 Å². The zero-order valence-electron chi connectivity index (χ0n) is 84.6. The van der Waals surface area contributed by atoms with Gasteiger partial charge in [-0.25, -0.2) is 0 Å². The molecule has 2 aromatic carbocycles. The molecule has 16 atom stereocenters. The van der Waals surface area contributed by atoms with Crippen LogP contribution < -0.4 is 71.6 Å². The van der Waals surface area contributed by atoms with Crippen LogP contribution in [0, 0.1) is 59.2 Å². The highest BCUT2D eigenvalue weighted by atomic mass is 16.4. The fourth-order valence-corrected chi connectivity index (χ4v) is 17.0. The summed E-state index contributed by atoms with van der Waals surface area (Å²) >= 11 is 0. The zero-order valence-corrected chi connectivity index (χ0v) is 84.6. The van der Waals surface area contributed by atoms with Gasteiger partial charge in [-0.2, -0.15) is 0 Å². The smallest absolute Gasteiger partial charge is 0.305 e. The molecule has 0 aliphatic carbocycles. The van der Waals surface area contributed by atoms with E-state index in [0.717, 1.165) is 32.1 Å². The average Bonchev–Trinajstić information content (AvgIpc) is 0.854. The number of nitrogens with two attached hydrogens (primary N) is 6. The largest absolute Gasteiger partial charge is 0.481 e. The Balaban J connectivity index is 2.48. The third-order valence-corrected chi connectivity index (χ3v) is 25.9. The van der Waals surface area contributed by atoms with Gasteiger partial charge < -0.3 is 97.2 Å². The number of carbonyl (C=O) groups is 21. The van der Waals surface area contributed by atoms with Crippen LogP contribution in [-0.2, 0) is 114 Å². The number of nitrogens with zero attached hydrogens (tertiary/aromatic N) is 1. The Morgan fingerprint density at radius 1 is 0.336 bits per heavy atom. The number of nitrogens with one attached hydrogen (secondary N) is 7. The van der Waals surface area contributed by atoms with Crippen LogP contribution in [0.3, 0.4) is 0 Å². The predicted octanol–water partition coefficient (Wildman–Crippen LogP) is 5.51. The minimum atomic E-state index is -1.87. The zero-order chi connectivity index (χ0) is 107. The molecule has 0 fully saturated rings. The first-order valence-corrected chi connectivity index (χ1v) is 50.6. The van der Waals surface area contributed by atoms with E-state index in [-0.39, 0.29) is 114 Å². The average molecular weight is 2010 g/mol. The molecule has 0 aliphatic rings. The lowest BCUT2D eigenvalue weighted by Gasteiger charge is -2.27. The van der Waals surface area contributed by atoms with Crippen molar-refractivity contribution in [2.24, 2.45) is 98.6 Å². The number of carbonyl (C=O) groups excluding carboxylic acids is 18. The molecule has 24 N–H and O–H groups in total. The first-order chi connectivity index (χ1) is 67.8. The summed E-state index contributed by atoms with van der Waals surface area (Å²) < 4.78 is 0. The molecule has 0 heterocycles. The molecule has 40 nitrogen and oxygen atoms in total. The number of guanidine groups is 1. The van der Waals surface area contributed by atoms with Crippen molar-refractivity contribution in [1.29, 1.82) is 0 Å². The van der Waals surface area contributed by atoms with E-state index in [2.05, 4.69) is 49.1 Å². The van der Waals surface area contributed by atoms with E-state index >= 15 is 0 Å². The number of primary amides is 2. The summed E-state index contributed by atoms with van der Waals surface area (Å²) in [5.41, 5.74) is 35.2.